The normalized spacial score (nSPS) is 13.9. The summed E-state index contributed by atoms with van der Waals surface area (Å²) < 4.78 is 5.60. The van der Waals surface area contributed by atoms with Crippen LogP contribution in [0, 0.1) is 0 Å². The van der Waals surface area contributed by atoms with E-state index in [9.17, 15) is 0 Å². The second kappa shape index (κ2) is 5.45. The topological polar surface area (TPSA) is 21.3 Å². The van der Waals surface area contributed by atoms with E-state index < -0.39 is 0 Å². The number of ether oxygens (including phenoxy) is 1. The van der Waals surface area contributed by atoms with Crippen molar-refractivity contribution in [2.24, 2.45) is 0 Å². The predicted octanol–water partition coefficient (Wildman–Crippen LogP) is 3.40. The molecule has 0 radical (unpaired) electrons. The van der Waals surface area contributed by atoms with Gasteiger partial charge in [0.15, 0.2) is 0 Å². The van der Waals surface area contributed by atoms with Gasteiger partial charge in [0.05, 0.1) is 6.61 Å². The summed E-state index contributed by atoms with van der Waals surface area (Å²) in [5, 5.41) is 3.43. The molecule has 0 aliphatic carbocycles. The largest absolute Gasteiger partial charge is 0.494 e. The van der Waals surface area contributed by atoms with Crippen molar-refractivity contribution in [1.82, 2.24) is 5.32 Å². The highest BCUT2D eigenvalue weighted by Crippen LogP contribution is 2.30. The molecule has 0 spiro atoms. The van der Waals surface area contributed by atoms with Crippen LogP contribution in [0.3, 0.4) is 0 Å². The Morgan fingerprint density at radius 2 is 2.05 bits per heavy atom. The molecule has 2 heteroatoms. The van der Waals surface area contributed by atoms with E-state index >= 15 is 0 Å². The van der Waals surface area contributed by atoms with Crippen LogP contribution in [-0.4, -0.2) is 13.2 Å². The Hall–Kier alpha value is -1.80. The maximum Gasteiger partial charge on any atom is 0.119 e. The van der Waals surface area contributed by atoms with E-state index in [0.29, 0.717) is 6.61 Å². The highest BCUT2D eigenvalue weighted by Gasteiger charge is 2.13. The minimum absolute atomic E-state index is 0.709. The molecule has 2 nitrogen and oxygen atoms in total. The van der Waals surface area contributed by atoms with E-state index in [-0.39, 0.29) is 0 Å². The summed E-state index contributed by atoms with van der Waals surface area (Å²) in [5.74, 6) is 0.950. The van der Waals surface area contributed by atoms with Crippen LogP contribution in [0.4, 0.5) is 0 Å². The molecule has 0 aromatic heterocycles. The van der Waals surface area contributed by atoms with Gasteiger partial charge < -0.3 is 10.1 Å². The second-order valence-corrected chi connectivity index (χ2v) is 4.83. The van der Waals surface area contributed by atoms with Crippen molar-refractivity contribution in [1.29, 1.82) is 0 Å². The summed E-state index contributed by atoms with van der Waals surface area (Å²) in [4.78, 5) is 0. The minimum Gasteiger partial charge on any atom is -0.494 e. The summed E-state index contributed by atoms with van der Waals surface area (Å²) in [5.41, 5.74) is 5.51. The SMILES string of the molecule is CCOc1cccc(-c2cccc3c2CCNC3)c1. The lowest BCUT2D eigenvalue weighted by Crippen LogP contribution is -2.23. The molecule has 19 heavy (non-hydrogen) atoms. The van der Waals surface area contributed by atoms with Crippen LogP contribution in [0.2, 0.25) is 0 Å². The Balaban J connectivity index is 2.04. The van der Waals surface area contributed by atoms with Crippen molar-refractivity contribution >= 4 is 0 Å². The van der Waals surface area contributed by atoms with E-state index in [0.717, 1.165) is 25.3 Å². The summed E-state index contributed by atoms with van der Waals surface area (Å²) in [6.45, 7) is 4.77. The number of nitrogens with one attached hydrogen (secondary N) is 1. The summed E-state index contributed by atoms with van der Waals surface area (Å²) in [7, 11) is 0. The molecule has 98 valence electrons. The van der Waals surface area contributed by atoms with Crippen molar-refractivity contribution in [3.8, 4) is 16.9 Å². The molecule has 3 rings (SSSR count). The molecule has 0 fully saturated rings. The monoisotopic (exact) mass is 253 g/mol. The number of fused-ring (bicyclic) bond motifs is 1. The van der Waals surface area contributed by atoms with Gasteiger partial charge in [-0.15, -0.1) is 0 Å². The fourth-order valence-corrected chi connectivity index (χ4v) is 2.72. The van der Waals surface area contributed by atoms with Crippen LogP contribution in [-0.2, 0) is 13.0 Å². The Morgan fingerprint density at radius 3 is 2.95 bits per heavy atom. The lowest BCUT2D eigenvalue weighted by Gasteiger charge is -2.20. The van der Waals surface area contributed by atoms with Gasteiger partial charge in [0.25, 0.3) is 0 Å². The van der Waals surface area contributed by atoms with Crippen molar-refractivity contribution in [2.45, 2.75) is 19.9 Å². The molecule has 1 aliphatic heterocycles. The molecule has 1 aliphatic rings. The Kier molecular flexibility index (Phi) is 3.51. The standard InChI is InChI=1S/C17H19NO/c1-2-19-15-7-3-5-13(11-15)16-8-4-6-14-12-18-10-9-17(14)16/h3-8,11,18H,2,9-10,12H2,1H3. The lowest BCUT2D eigenvalue weighted by molar-refractivity contribution is 0.340. The van der Waals surface area contributed by atoms with Gasteiger partial charge in [0.1, 0.15) is 5.75 Å². The van der Waals surface area contributed by atoms with Gasteiger partial charge in [-0.05, 0) is 54.3 Å². The van der Waals surface area contributed by atoms with Gasteiger partial charge in [0.2, 0.25) is 0 Å². The molecule has 2 aromatic carbocycles. The molecule has 0 saturated carbocycles. The van der Waals surface area contributed by atoms with Gasteiger partial charge in [0, 0.05) is 6.54 Å². The Morgan fingerprint density at radius 1 is 1.16 bits per heavy atom. The first-order valence-electron chi connectivity index (χ1n) is 6.93. The van der Waals surface area contributed by atoms with E-state index in [1.807, 2.05) is 13.0 Å². The van der Waals surface area contributed by atoms with Gasteiger partial charge in [-0.1, -0.05) is 30.3 Å². The highest BCUT2D eigenvalue weighted by molar-refractivity contribution is 5.70. The van der Waals surface area contributed by atoms with Gasteiger partial charge in [-0.3, -0.25) is 0 Å². The molecule has 1 N–H and O–H groups in total. The molecule has 0 amide bonds. The van der Waals surface area contributed by atoms with Crippen LogP contribution in [0.5, 0.6) is 5.75 Å². The van der Waals surface area contributed by atoms with Crippen molar-refractivity contribution < 1.29 is 4.74 Å². The summed E-state index contributed by atoms with van der Waals surface area (Å²) >= 11 is 0. The van der Waals surface area contributed by atoms with Crippen LogP contribution in [0.1, 0.15) is 18.1 Å². The van der Waals surface area contributed by atoms with Crippen LogP contribution >= 0.6 is 0 Å². The Labute approximate surface area is 114 Å². The Bertz CT molecular complexity index is 577. The first kappa shape index (κ1) is 12.2. The molecule has 1 heterocycles. The third kappa shape index (κ3) is 2.49. The molecule has 0 unspecified atom stereocenters. The van der Waals surface area contributed by atoms with Crippen LogP contribution in [0.25, 0.3) is 11.1 Å². The minimum atomic E-state index is 0.709. The maximum absolute atomic E-state index is 5.60. The predicted molar refractivity (Wildman–Crippen MR) is 78.5 cm³/mol. The van der Waals surface area contributed by atoms with Gasteiger partial charge in [-0.25, -0.2) is 0 Å². The van der Waals surface area contributed by atoms with E-state index in [1.165, 1.54) is 22.3 Å². The zero-order valence-electron chi connectivity index (χ0n) is 11.3. The van der Waals surface area contributed by atoms with E-state index in [4.69, 9.17) is 4.74 Å². The summed E-state index contributed by atoms with van der Waals surface area (Å²) in [6, 6.07) is 15.0. The number of rotatable bonds is 3. The maximum atomic E-state index is 5.60. The molecule has 0 atom stereocenters. The number of hydrogen-bond donors (Lipinski definition) is 1. The third-order valence-electron chi connectivity index (χ3n) is 3.60. The molecule has 2 aromatic rings. The van der Waals surface area contributed by atoms with E-state index in [1.54, 1.807) is 0 Å². The van der Waals surface area contributed by atoms with Gasteiger partial charge >= 0.3 is 0 Å². The fourth-order valence-electron chi connectivity index (χ4n) is 2.72. The quantitative estimate of drug-likeness (QED) is 0.905. The number of hydrogen-bond acceptors (Lipinski definition) is 2. The van der Waals surface area contributed by atoms with Crippen molar-refractivity contribution in [3.05, 3.63) is 53.6 Å². The number of benzene rings is 2. The average Bonchev–Trinajstić information content (AvgIpc) is 2.47. The first-order valence-corrected chi connectivity index (χ1v) is 6.93. The molecule has 0 saturated heterocycles. The second-order valence-electron chi connectivity index (χ2n) is 4.83. The fraction of sp³-hybridized carbons (Fsp3) is 0.294. The first-order chi connectivity index (χ1) is 9.38. The molecule has 0 bridgehead atoms. The molecular formula is C17H19NO. The van der Waals surface area contributed by atoms with Crippen LogP contribution < -0.4 is 10.1 Å². The zero-order valence-corrected chi connectivity index (χ0v) is 11.3. The van der Waals surface area contributed by atoms with Gasteiger partial charge in [-0.2, -0.15) is 0 Å². The third-order valence-corrected chi connectivity index (χ3v) is 3.60. The molecular weight excluding hydrogens is 234 g/mol. The van der Waals surface area contributed by atoms with Crippen LogP contribution in [0.15, 0.2) is 42.5 Å². The summed E-state index contributed by atoms with van der Waals surface area (Å²) in [6.07, 6.45) is 1.10. The van der Waals surface area contributed by atoms with Crippen molar-refractivity contribution in [2.75, 3.05) is 13.2 Å². The average molecular weight is 253 g/mol. The van der Waals surface area contributed by atoms with E-state index in [2.05, 4.69) is 41.7 Å². The highest BCUT2D eigenvalue weighted by atomic mass is 16.5. The smallest absolute Gasteiger partial charge is 0.119 e. The zero-order chi connectivity index (χ0) is 13.1. The lowest BCUT2D eigenvalue weighted by atomic mass is 9.91. The van der Waals surface area contributed by atoms with Crippen molar-refractivity contribution in [3.63, 3.8) is 0 Å².